The zero-order valence-corrected chi connectivity index (χ0v) is 66.1. The van der Waals surface area contributed by atoms with E-state index in [2.05, 4.69) is 62.0 Å². The van der Waals surface area contributed by atoms with E-state index < -0.39 is 89.0 Å². The van der Waals surface area contributed by atoms with E-state index in [1.807, 2.05) is 72.7 Å². The average Bonchev–Trinajstić information content (AvgIpc) is 1.67. The van der Waals surface area contributed by atoms with Gasteiger partial charge in [-0.05, 0) is 248 Å². The maximum absolute atomic E-state index is 12.3. The third kappa shape index (κ3) is 24.7. The van der Waals surface area contributed by atoms with Crippen LogP contribution >= 0.6 is 31.9 Å². The Morgan fingerprint density at radius 3 is 1.00 bits per heavy atom. The average molecular weight is 1630 g/mol. The van der Waals surface area contributed by atoms with Crippen molar-refractivity contribution in [1.82, 2.24) is 16.0 Å². The predicted octanol–water partition coefficient (Wildman–Crippen LogP) is 15.6. The number of alkyl carbamates (subject to hydrolysis) is 3. The molecule has 109 heavy (non-hydrogen) atoms. The number of hydrogen-bond acceptors (Lipinski definition) is 21. The number of phenols is 5. The number of carbonyl (C=O) groups is 8. The van der Waals surface area contributed by atoms with Crippen molar-refractivity contribution >= 4 is 92.6 Å². The number of aromatic carboxylic acids is 2. The Labute approximate surface area is 648 Å². The molecule has 0 radical (unpaired) electrons. The van der Waals surface area contributed by atoms with Gasteiger partial charge in [-0.1, -0.05) is 86.5 Å². The van der Waals surface area contributed by atoms with Gasteiger partial charge in [-0.15, -0.1) is 0 Å². The number of benzene rings is 8. The van der Waals surface area contributed by atoms with Gasteiger partial charge in [0.2, 0.25) is 0 Å². The van der Waals surface area contributed by atoms with E-state index in [0.717, 1.165) is 14.5 Å². The summed E-state index contributed by atoms with van der Waals surface area (Å²) in [6, 6.07) is 38.5. The van der Waals surface area contributed by atoms with E-state index in [1.54, 1.807) is 102 Å². The number of amides is 3. The predicted molar refractivity (Wildman–Crippen MR) is 414 cm³/mol. The summed E-state index contributed by atoms with van der Waals surface area (Å²) in [5.74, 6) is -5.84. The Balaban J connectivity index is 0.000000238. The molecule has 3 amide bonds. The number of phenolic OH excluding ortho intramolecular Hbond substituents is 3. The highest BCUT2D eigenvalue weighted by Crippen LogP contribution is 2.39. The molecular weight excluding hydrogens is 1540 g/mol. The van der Waals surface area contributed by atoms with Crippen LogP contribution in [0, 0.1) is 0 Å². The van der Waals surface area contributed by atoms with Gasteiger partial charge in [0.25, 0.3) is 0 Å². The van der Waals surface area contributed by atoms with Crippen LogP contribution in [0.25, 0.3) is 44.5 Å². The summed E-state index contributed by atoms with van der Waals surface area (Å²) in [6.45, 7) is 24.4. The zero-order valence-electron chi connectivity index (χ0n) is 63.0. The topological polar surface area (TPSA) is 388 Å². The number of halogens is 2. The molecule has 8 aromatic carbocycles. The second-order valence-corrected chi connectivity index (χ2v) is 30.2. The number of hydrogen-bond donors (Lipinski definition) is 10. The molecule has 0 bridgehead atoms. The Morgan fingerprint density at radius 1 is 0.385 bits per heavy atom. The molecule has 0 atom stereocenters. The molecule has 0 spiro atoms. The molecule has 29 heteroatoms. The Hall–Kier alpha value is -11.1. The standard InChI is InChI=1S/C28H29NO8.C26H25NO8.C14H19BO5.C12H15Br2NO2/c1-28(2,3)37-27(34)29-15-19-12-16(17-7-10-21(23(30)13-17)25(32)35-4)6-9-20(19)18-8-11-22(24(31)14-18)26(33)36-5;1-26(2,3)35-25(34)27-13-17-10-14(15-5-8-19(23(30)31)21(28)11-15)4-7-18(17)16-6-9-20(24(32)33)22(29)12-16;1-13(2)14(3,4)20-15(19-13)9-6-7-10(11(16)8-9)12(17)18-5;1-12(2,3)17-11(16)15-7-8-6-9(13)4-5-10(8)14/h6-14,30-31H,15H2,1-5H3,(H,29,34);4-12,28-29H,13H2,1-3H3,(H,27,34)(H,30,31)(H,32,33);6-8,16H,1-5H3;4-6H,7H2,1-3H3,(H,15,16). The Morgan fingerprint density at radius 2 is 0.679 bits per heavy atom. The molecule has 0 aliphatic carbocycles. The van der Waals surface area contributed by atoms with Crippen LogP contribution in [0.3, 0.4) is 0 Å². The number of esters is 3. The molecule has 1 saturated heterocycles. The fourth-order valence-corrected chi connectivity index (χ4v) is 11.0. The van der Waals surface area contributed by atoms with Gasteiger partial charge >= 0.3 is 55.2 Å². The van der Waals surface area contributed by atoms with Crippen molar-refractivity contribution in [2.24, 2.45) is 0 Å². The van der Waals surface area contributed by atoms with Crippen molar-refractivity contribution in [3.63, 3.8) is 0 Å². The summed E-state index contributed by atoms with van der Waals surface area (Å²) in [7, 11) is 3.15. The highest BCUT2D eigenvalue weighted by Gasteiger charge is 2.52. The highest BCUT2D eigenvalue weighted by atomic mass is 79.9. The van der Waals surface area contributed by atoms with Gasteiger partial charge in [-0.25, -0.2) is 38.4 Å². The van der Waals surface area contributed by atoms with Crippen molar-refractivity contribution in [2.45, 2.75) is 138 Å². The SMILES string of the molecule is CC(C)(C)OC(=O)NCc1cc(-c2ccc(C(=O)O)c(O)c2)ccc1-c1ccc(C(=O)O)c(O)c1.CC(C)(C)OC(=O)NCc1cc(Br)ccc1Br.COC(=O)c1ccc(-c2ccc(-c3ccc(C(=O)OC)c(O)c3)c(CNC(=O)OC(C)(C)C)c2)cc1O.COC(=O)c1ccc(B2OC(C)(C)C(C)(C)O2)cc1O. The largest absolute Gasteiger partial charge is 0.507 e. The van der Waals surface area contributed by atoms with E-state index >= 15 is 0 Å². The molecule has 0 saturated carbocycles. The first-order valence-electron chi connectivity index (χ1n) is 33.6. The molecule has 1 heterocycles. The number of methoxy groups -OCH3 is 3. The minimum Gasteiger partial charge on any atom is -0.507 e. The first kappa shape index (κ1) is 86.8. The minimum atomic E-state index is -1.26. The van der Waals surface area contributed by atoms with E-state index in [9.17, 15) is 69.0 Å². The first-order chi connectivity index (χ1) is 50.7. The summed E-state index contributed by atoms with van der Waals surface area (Å²) >= 11 is 6.82. The van der Waals surface area contributed by atoms with Gasteiger partial charge < -0.3 is 89.4 Å². The number of rotatable bonds is 16. The van der Waals surface area contributed by atoms with Crippen molar-refractivity contribution in [3.8, 4) is 73.3 Å². The molecule has 1 aliphatic heterocycles. The zero-order chi connectivity index (χ0) is 81.4. The van der Waals surface area contributed by atoms with E-state index in [1.165, 1.54) is 82.0 Å². The number of carboxylic acids is 2. The molecule has 578 valence electrons. The molecule has 0 unspecified atom stereocenters. The molecule has 1 aliphatic rings. The van der Waals surface area contributed by atoms with E-state index in [-0.39, 0.29) is 63.9 Å². The molecule has 10 N–H and O–H groups in total. The molecule has 8 aromatic rings. The fraction of sp³-hybridized carbons (Fsp3) is 0.300. The van der Waals surface area contributed by atoms with Crippen molar-refractivity contribution in [2.75, 3.05) is 21.3 Å². The van der Waals surface area contributed by atoms with Gasteiger partial charge in [0, 0.05) is 28.6 Å². The first-order valence-corrected chi connectivity index (χ1v) is 35.2. The van der Waals surface area contributed by atoms with Crippen LogP contribution in [0.1, 0.15) is 158 Å². The van der Waals surface area contributed by atoms with Crippen LogP contribution in [0.2, 0.25) is 0 Å². The fourth-order valence-electron chi connectivity index (χ4n) is 10.2. The maximum Gasteiger partial charge on any atom is 0.494 e. The number of aromatic hydroxyl groups is 5. The molecule has 26 nitrogen and oxygen atoms in total. The summed E-state index contributed by atoms with van der Waals surface area (Å²) in [5, 5.41) is 77.3. The van der Waals surface area contributed by atoms with Crippen LogP contribution in [0.4, 0.5) is 14.4 Å². The minimum absolute atomic E-state index is 0.0254. The van der Waals surface area contributed by atoms with Crippen molar-refractivity contribution in [3.05, 3.63) is 199 Å². The lowest BCUT2D eigenvalue weighted by atomic mass is 9.78. The maximum atomic E-state index is 12.3. The normalized spacial score (nSPS) is 12.7. The molecule has 1 fully saturated rings. The molecule has 9 rings (SSSR count). The Kier molecular flexibility index (Phi) is 29.2. The molecular formula is C80H88BBr2N3O23. The van der Waals surface area contributed by atoms with Crippen LogP contribution in [0.5, 0.6) is 28.7 Å². The lowest BCUT2D eigenvalue weighted by molar-refractivity contribution is 0.00578. The summed E-state index contributed by atoms with van der Waals surface area (Å²) in [6.07, 6.45) is -1.65. The van der Waals surface area contributed by atoms with Gasteiger partial charge in [0.05, 0.1) is 32.5 Å². The van der Waals surface area contributed by atoms with Crippen molar-refractivity contribution in [1.29, 1.82) is 0 Å². The van der Waals surface area contributed by atoms with Gasteiger partial charge in [0.1, 0.15) is 73.4 Å². The Bertz CT molecular complexity index is 4700. The highest BCUT2D eigenvalue weighted by molar-refractivity contribution is 9.11. The van der Waals surface area contributed by atoms with Crippen LogP contribution in [-0.4, -0.2) is 140 Å². The summed E-state index contributed by atoms with van der Waals surface area (Å²) in [4.78, 5) is 93.6. The number of carbonyl (C=O) groups excluding carboxylic acids is 6. The number of carboxylic acid groups (broad SMARTS) is 2. The third-order valence-corrected chi connectivity index (χ3v) is 17.5. The number of nitrogens with one attached hydrogen (secondary N) is 3. The lowest BCUT2D eigenvalue weighted by Crippen LogP contribution is -2.41. The van der Waals surface area contributed by atoms with Gasteiger partial charge in [0.15, 0.2) is 0 Å². The summed E-state index contributed by atoms with van der Waals surface area (Å²) in [5.41, 5.74) is 4.81. The molecule has 0 aromatic heterocycles. The van der Waals surface area contributed by atoms with E-state index in [4.69, 9.17) is 28.6 Å². The van der Waals surface area contributed by atoms with Crippen molar-refractivity contribution < 1.29 is 112 Å². The number of ether oxygens (including phenoxy) is 6. The van der Waals surface area contributed by atoms with Crippen LogP contribution in [-0.2, 0) is 57.4 Å². The second kappa shape index (κ2) is 36.6. The van der Waals surface area contributed by atoms with Gasteiger partial charge in [-0.3, -0.25) is 0 Å². The quantitative estimate of drug-likeness (QED) is 0.0244. The van der Waals surface area contributed by atoms with Crippen LogP contribution < -0.4 is 21.4 Å². The monoisotopic (exact) mass is 1630 g/mol. The summed E-state index contributed by atoms with van der Waals surface area (Å²) < 4.78 is 43.4. The smallest absolute Gasteiger partial charge is 0.494 e. The van der Waals surface area contributed by atoms with E-state index in [0.29, 0.717) is 67.6 Å². The lowest BCUT2D eigenvalue weighted by Gasteiger charge is -2.32. The second-order valence-electron chi connectivity index (χ2n) is 28.4. The van der Waals surface area contributed by atoms with Crippen LogP contribution in [0.15, 0.2) is 155 Å². The van der Waals surface area contributed by atoms with Gasteiger partial charge in [-0.2, -0.15) is 0 Å². The third-order valence-electron chi connectivity index (χ3n) is 16.2.